The van der Waals surface area contributed by atoms with Crippen molar-refractivity contribution in [3.8, 4) is 0 Å². The number of hydrogen-bond donors (Lipinski definition) is 2. The lowest BCUT2D eigenvalue weighted by molar-refractivity contribution is 0.0590. The van der Waals surface area contributed by atoms with E-state index in [2.05, 4.69) is 10.6 Å². The average Bonchev–Trinajstić information content (AvgIpc) is 3.12. The van der Waals surface area contributed by atoms with Crippen LogP contribution in [0.1, 0.15) is 30.4 Å². The summed E-state index contributed by atoms with van der Waals surface area (Å²) in [6.45, 7) is 0. The molecule has 0 fully saturated rings. The van der Waals surface area contributed by atoms with Gasteiger partial charge in [-0.25, -0.2) is 14.4 Å². The number of hydrogen-bond acceptors (Lipinski definition) is 8. The zero-order valence-electron chi connectivity index (χ0n) is 17.1. The predicted octanol–water partition coefficient (Wildman–Crippen LogP) is 4.72. The summed E-state index contributed by atoms with van der Waals surface area (Å²) in [6.07, 6.45) is 0. The lowest BCUT2D eigenvalue weighted by Crippen LogP contribution is -2.20. The van der Waals surface area contributed by atoms with E-state index in [1.54, 1.807) is 18.2 Å². The molecule has 1 aromatic heterocycles. The Morgan fingerprint density at radius 2 is 1.41 bits per heavy atom. The van der Waals surface area contributed by atoms with Crippen molar-refractivity contribution in [1.82, 2.24) is 0 Å². The van der Waals surface area contributed by atoms with Crippen LogP contribution in [0, 0.1) is 0 Å². The Balaban J connectivity index is 1.83. The van der Waals surface area contributed by atoms with E-state index in [1.807, 2.05) is 0 Å². The first kappa shape index (κ1) is 23.5. The van der Waals surface area contributed by atoms with Crippen LogP contribution < -0.4 is 10.6 Å². The van der Waals surface area contributed by atoms with Gasteiger partial charge in [-0.1, -0.05) is 11.6 Å². The molecule has 11 heteroatoms. The van der Waals surface area contributed by atoms with E-state index < -0.39 is 17.9 Å². The number of carbonyl (C=O) groups is 3. The van der Waals surface area contributed by atoms with Crippen LogP contribution in [0.25, 0.3) is 10.1 Å². The molecule has 0 spiro atoms. The molecule has 8 nitrogen and oxygen atoms in total. The Kier molecular flexibility index (Phi) is 7.29. The highest BCUT2D eigenvalue weighted by molar-refractivity contribution is 7.80. The van der Waals surface area contributed by atoms with Gasteiger partial charge in [-0.15, -0.1) is 11.3 Å². The molecule has 0 saturated carbocycles. The van der Waals surface area contributed by atoms with Crippen LogP contribution in [0.15, 0.2) is 36.4 Å². The summed E-state index contributed by atoms with van der Waals surface area (Å²) in [5.74, 6) is -1.73. The molecule has 1 heterocycles. The number of rotatable bonds is 5. The van der Waals surface area contributed by atoms with E-state index in [9.17, 15) is 14.4 Å². The topological polar surface area (TPSA) is 103 Å². The second kappa shape index (κ2) is 9.94. The number of halogens is 1. The van der Waals surface area contributed by atoms with Crippen LogP contribution in [0.3, 0.4) is 0 Å². The second-order valence-corrected chi connectivity index (χ2v) is 8.15. The fraction of sp³-hybridized carbons (Fsp3) is 0.143. The lowest BCUT2D eigenvalue weighted by Gasteiger charge is -2.13. The number of anilines is 2. The van der Waals surface area contributed by atoms with E-state index in [-0.39, 0.29) is 16.2 Å². The number of benzene rings is 2. The first-order valence-corrected chi connectivity index (χ1v) is 10.6. The summed E-state index contributed by atoms with van der Waals surface area (Å²) in [5.41, 5.74) is 1.34. The van der Waals surface area contributed by atoms with Crippen LogP contribution in [0.2, 0.25) is 5.02 Å². The molecule has 0 radical (unpaired) electrons. The molecule has 0 aliphatic carbocycles. The molecule has 3 rings (SSSR count). The number of nitrogens with one attached hydrogen (secondary N) is 2. The lowest BCUT2D eigenvalue weighted by atomic mass is 10.1. The van der Waals surface area contributed by atoms with Crippen molar-refractivity contribution in [2.75, 3.05) is 32.0 Å². The summed E-state index contributed by atoms with van der Waals surface area (Å²) >= 11 is 12.8. The SMILES string of the molecule is COC(=O)c1cc(NC(=S)Nc2ccc3c(Cl)c(C(=O)OC)sc3c2)cc(C(=O)OC)c1. The highest BCUT2D eigenvalue weighted by Gasteiger charge is 2.18. The van der Waals surface area contributed by atoms with E-state index in [0.29, 0.717) is 21.3 Å². The minimum absolute atomic E-state index is 0.158. The van der Waals surface area contributed by atoms with Gasteiger partial charge in [-0.2, -0.15) is 0 Å². The molecule has 0 aliphatic rings. The third-order valence-corrected chi connectivity index (χ3v) is 6.13. The molecule has 0 atom stereocenters. The van der Waals surface area contributed by atoms with Gasteiger partial charge in [0.2, 0.25) is 0 Å². The van der Waals surface area contributed by atoms with Gasteiger partial charge in [0.25, 0.3) is 0 Å². The number of thiocarbonyl (C=S) groups is 1. The van der Waals surface area contributed by atoms with Gasteiger partial charge in [-0.3, -0.25) is 0 Å². The number of thiophene rings is 1. The van der Waals surface area contributed by atoms with Gasteiger partial charge in [0.05, 0.1) is 37.5 Å². The van der Waals surface area contributed by atoms with Crippen LogP contribution in [-0.2, 0) is 14.2 Å². The highest BCUT2D eigenvalue weighted by Crippen LogP contribution is 2.37. The highest BCUT2D eigenvalue weighted by atomic mass is 35.5. The van der Waals surface area contributed by atoms with Crippen molar-refractivity contribution in [3.63, 3.8) is 0 Å². The third kappa shape index (κ3) is 4.98. The smallest absolute Gasteiger partial charge is 0.349 e. The minimum Gasteiger partial charge on any atom is -0.465 e. The maximum Gasteiger partial charge on any atom is 0.349 e. The monoisotopic (exact) mass is 492 g/mol. The summed E-state index contributed by atoms with van der Waals surface area (Å²) in [6, 6.07) is 9.66. The third-order valence-electron chi connectivity index (χ3n) is 4.29. The van der Waals surface area contributed by atoms with Crippen molar-refractivity contribution < 1.29 is 28.6 Å². The van der Waals surface area contributed by atoms with Crippen molar-refractivity contribution >= 4 is 79.6 Å². The van der Waals surface area contributed by atoms with Gasteiger partial charge in [0, 0.05) is 21.5 Å². The van der Waals surface area contributed by atoms with Crippen molar-refractivity contribution in [1.29, 1.82) is 0 Å². The Hall–Kier alpha value is -3.21. The molecule has 0 amide bonds. The molecule has 3 aromatic rings. The van der Waals surface area contributed by atoms with Crippen molar-refractivity contribution in [3.05, 3.63) is 57.4 Å². The molecule has 166 valence electrons. The van der Waals surface area contributed by atoms with Crippen LogP contribution in [-0.4, -0.2) is 44.3 Å². The standard InChI is InChI=1S/C21H17ClN2O6S2/c1-28-18(25)10-6-11(19(26)29-2)8-13(7-10)24-21(31)23-12-4-5-14-15(9-12)32-17(16(14)22)20(27)30-3/h4-9H,1-3H3,(H2,23,24,31). The van der Waals surface area contributed by atoms with Gasteiger partial charge in [-0.05, 0) is 48.6 Å². The maximum atomic E-state index is 11.9. The number of fused-ring (bicyclic) bond motifs is 1. The number of carbonyl (C=O) groups excluding carboxylic acids is 3. The number of methoxy groups -OCH3 is 3. The molecule has 0 aliphatic heterocycles. The van der Waals surface area contributed by atoms with Crippen LogP contribution >= 0.6 is 35.2 Å². The van der Waals surface area contributed by atoms with Gasteiger partial charge in [0.1, 0.15) is 4.88 Å². The Morgan fingerprint density at radius 3 is 1.97 bits per heavy atom. The molecule has 0 bridgehead atoms. The zero-order chi connectivity index (χ0) is 23.4. The normalized spacial score (nSPS) is 10.4. The molecule has 2 N–H and O–H groups in total. The Bertz CT molecular complexity index is 1210. The molecule has 0 unspecified atom stereocenters. The first-order valence-electron chi connectivity index (χ1n) is 8.97. The summed E-state index contributed by atoms with van der Waals surface area (Å²) < 4.78 is 15.0. The van der Waals surface area contributed by atoms with Gasteiger partial charge < -0.3 is 24.8 Å². The fourth-order valence-corrected chi connectivity index (χ4v) is 4.53. The van der Waals surface area contributed by atoms with Crippen LogP contribution in [0.5, 0.6) is 0 Å². The minimum atomic E-state index is -0.612. The van der Waals surface area contributed by atoms with E-state index in [1.165, 1.54) is 50.9 Å². The fourth-order valence-electron chi connectivity index (χ4n) is 2.83. The molecule has 2 aromatic carbocycles. The largest absolute Gasteiger partial charge is 0.465 e. The zero-order valence-corrected chi connectivity index (χ0v) is 19.5. The Labute approximate surface area is 197 Å². The summed E-state index contributed by atoms with van der Waals surface area (Å²) in [7, 11) is 3.77. The first-order chi connectivity index (χ1) is 15.3. The number of esters is 3. The quantitative estimate of drug-likeness (QED) is 0.297. The second-order valence-electron chi connectivity index (χ2n) is 6.31. The van der Waals surface area contributed by atoms with E-state index in [4.69, 9.17) is 38.0 Å². The van der Waals surface area contributed by atoms with E-state index in [0.717, 1.165) is 10.1 Å². The van der Waals surface area contributed by atoms with Crippen molar-refractivity contribution in [2.45, 2.75) is 0 Å². The summed E-state index contributed by atoms with van der Waals surface area (Å²) in [4.78, 5) is 36.0. The average molecular weight is 493 g/mol. The van der Waals surface area contributed by atoms with Gasteiger partial charge >= 0.3 is 17.9 Å². The van der Waals surface area contributed by atoms with Gasteiger partial charge in [0.15, 0.2) is 5.11 Å². The molecular formula is C21H17ClN2O6S2. The molecular weight excluding hydrogens is 476 g/mol. The molecule has 0 saturated heterocycles. The Morgan fingerprint density at radius 1 is 0.844 bits per heavy atom. The predicted molar refractivity (Wildman–Crippen MR) is 127 cm³/mol. The maximum absolute atomic E-state index is 11.9. The number of ether oxygens (including phenoxy) is 3. The summed E-state index contributed by atoms with van der Waals surface area (Å²) in [5, 5.41) is 7.20. The molecule has 32 heavy (non-hydrogen) atoms. The van der Waals surface area contributed by atoms with Crippen molar-refractivity contribution in [2.24, 2.45) is 0 Å². The van der Waals surface area contributed by atoms with E-state index >= 15 is 0 Å². The van der Waals surface area contributed by atoms with Crippen LogP contribution in [0.4, 0.5) is 11.4 Å².